The van der Waals surface area contributed by atoms with Crippen molar-refractivity contribution in [2.75, 3.05) is 0 Å². The van der Waals surface area contributed by atoms with Gasteiger partial charge in [-0.05, 0) is 23.8 Å². The first-order chi connectivity index (χ1) is 10.3. The van der Waals surface area contributed by atoms with E-state index in [2.05, 4.69) is 10.5 Å². The van der Waals surface area contributed by atoms with Gasteiger partial charge in [0.15, 0.2) is 0 Å². The fourth-order valence-corrected chi connectivity index (χ4v) is 2.58. The number of carbonyl (C=O) groups is 1. The van der Waals surface area contributed by atoms with E-state index in [4.69, 9.17) is 11.6 Å². The number of alkyl halides is 3. The first kappa shape index (κ1) is 16.5. The van der Waals surface area contributed by atoms with Crippen LogP contribution in [0.3, 0.4) is 0 Å². The molecule has 0 saturated carbocycles. The number of halogens is 4. The molecule has 8 heteroatoms. The molecule has 2 aromatic rings. The second kappa shape index (κ2) is 6.93. The van der Waals surface area contributed by atoms with E-state index in [0.29, 0.717) is 4.34 Å². The molecule has 0 spiro atoms. The van der Waals surface area contributed by atoms with E-state index in [-0.39, 0.29) is 12.0 Å². The number of benzene rings is 1. The van der Waals surface area contributed by atoms with Gasteiger partial charge in [-0.15, -0.1) is 11.3 Å². The van der Waals surface area contributed by atoms with Crippen LogP contribution in [0.4, 0.5) is 13.2 Å². The molecule has 0 unspecified atom stereocenters. The second-order valence-electron chi connectivity index (χ2n) is 4.31. The number of carbonyl (C=O) groups excluding carboxylic acids is 1. The van der Waals surface area contributed by atoms with Gasteiger partial charge in [0.25, 0.3) is 0 Å². The predicted octanol–water partition coefficient (Wildman–Crippen LogP) is 4.11. The molecule has 0 atom stereocenters. The molecule has 2 rings (SSSR count). The lowest BCUT2D eigenvalue weighted by molar-refractivity contribution is -0.137. The average Bonchev–Trinajstić information content (AvgIpc) is 2.84. The van der Waals surface area contributed by atoms with Crippen molar-refractivity contribution < 1.29 is 18.0 Å². The number of rotatable bonds is 4. The van der Waals surface area contributed by atoms with E-state index >= 15 is 0 Å². The molecule has 116 valence electrons. The Hall–Kier alpha value is -1.86. The summed E-state index contributed by atoms with van der Waals surface area (Å²) in [5, 5.41) is 3.73. The summed E-state index contributed by atoms with van der Waals surface area (Å²) in [6.45, 7) is 0. The van der Waals surface area contributed by atoms with Gasteiger partial charge in [-0.25, -0.2) is 5.43 Å². The molecule has 0 aliphatic carbocycles. The van der Waals surface area contributed by atoms with Crippen LogP contribution < -0.4 is 5.43 Å². The van der Waals surface area contributed by atoms with Crippen molar-refractivity contribution in [2.45, 2.75) is 12.6 Å². The smallest absolute Gasteiger partial charge is 0.273 e. The van der Waals surface area contributed by atoms with Crippen LogP contribution in [0.2, 0.25) is 4.34 Å². The third kappa shape index (κ3) is 4.85. The molecule has 3 nitrogen and oxygen atoms in total. The number of hydrazone groups is 1. The molecule has 1 aromatic carbocycles. The monoisotopic (exact) mass is 346 g/mol. The molecule has 0 fully saturated rings. The number of nitrogens with one attached hydrogen (secondary N) is 1. The molecule has 0 aliphatic heterocycles. The number of nitrogens with zero attached hydrogens (tertiary/aromatic N) is 1. The lowest BCUT2D eigenvalue weighted by Crippen LogP contribution is -2.20. The van der Waals surface area contributed by atoms with Gasteiger partial charge in [0, 0.05) is 4.88 Å². The second-order valence-corrected chi connectivity index (χ2v) is 6.06. The van der Waals surface area contributed by atoms with Gasteiger partial charge in [-0.1, -0.05) is 29.8 Å². The van der Waals surface area contributed by atoms with E-state index in [9.17, 15) is 18.0 Å². The van der Waals surface area contributed by atoms with Gasteiger partial charge < -0.3 is 0 Å². The molecule has 0 saturated heterocycles. The molecule has 0 aliphatic rings. The highest BCUT2D eigenvalue weighted by Crippen LogP contribution is 2.29. The SMILES string of the molecule is O=C(Cc1cccc(C(F)(F)F)c1)N/N=C/c1ccc(Cl)s1. The molecule has 1 aromatic heterocycles. The molecule has 1 amide bonds. The van der Waals surface area contributed by atoms with Crippen molar-refractivity contribution in [3.05, 3.63) is 56.7 Å². The van der Waals surface area contributed by atoms with Crippen LogP contribution in [0.25, 0.3) is 0 Å². The summed E-state index contributed by atoms with van der Waals surface area (Å²) in [7, 11) is 0. The highest BCUT2D eigenvalue weighted by Gasteiger charge is 2.30. The molecule has 0 radical (unpaired) electrons. The van der Waals surface area contributed by atoms with Gasteiger partial charge in [0.1, 0.15) is 0 Å². The normalized spacial score (nSPS) is 11.8. The van der Waals surface area contributed by atoms with Crippen molar-refractivity contribution in [1.29, 1.82) is 0 Å². The Morgan fingerprint density at radius 3 is 2.73 bits per heavy atom. The van der Waals surface area contributed by atoms with Gasteiger partial charge in [0.05, 0.1) is 22.5 Å². The zero-order valence-electron chi connectivity index (χ0n) is 11.0. The Kier molecular flexibility index (Phi) is 5.20. The maximum absolute atomic E-state index is 12.6. The van der Waals surface area contributed by atoms with E-state index < -0.39 is 17.6 Å². The highest BCUT2D eigenvalue weighted by atomic mass is 35.5. The van der Waals surface area contributed by atoms with Crippen LogP contribution in [0, 0.1) is 0 Å². The van der Waals surface area contributed by atoms with Crippen LogP contribution in [0.1, 0.15) is 16.0 Å². The van der Waals surface area contributed by atoms with Gasteiger partial charge in [0.2, 0.25) is 5.91 Å². The Morgan fingerprint density at radius 2 is 2.09 bits per heavy atom. The lowest BCUT2D eigenvalue weighted by Gasteiger charge is -2.08. The summed E-state index contributed by atoms with van der Waals surface area (Å²) >= 11 is 7.03. The Balaban J connectivity index is 1.93. The number of amides is 1. The third-order valence-electron chi connectivity index (χ3n) is 2.59. The lowest BCUT2D eigenvalue weighted by atomic mass is 10.1. The van der Waals surface area contributed by atoms with E-state index in [0.717, 1.165) is 17.0 Å². The maximum Gasteiger partial charge on any atom is 0.416 e. The minimum absolute atomic E-state index is 0.188. The minimum atomic E-state index is -4.43. The molecule has 1 heterocycles. The zero-order chi connectivity index (χ0) is 16.2. The van der Waals surface area contributed by atoms with E-state index in [1.807, 2.05) is 0 Å². The highest BCUT2D eigenvalue weighted by molar-refractivity contribution is 7.17. The maximum atomic E-state index is 12.6. The standard InChI is InChI=1S/C14H10ClF3N2OS/c15-12-5-4-11(22-12)8-19-20-13(21)7-9-2-1-3-10(6-9)14(16,17)18/h1-6,8H,7H2,(H,20,21)/b19-8+. The summed E-state index contributed by atoms with van der Waals surface area (Å²) < 4.78 is 38.3. The van der Waals surface area contributed by atoms with Crippen LogP contribution in [-0.4, -0.2) is 12.1 Å². The minimum Gasteiger partial charge on any atom is -0.273 e. The van der Waals surface area contributed by atoms with E-state index in [1.54, 1.807) is 12.1 Å². The Bertz CT molecular complexity index is 697. The topological polar surface area (TPSA) is 41.5 Å². The van der Waals surface area contributed by atoms with Crippen LogP contribution in [0.5, 0.6) is 0 Å². The van der Waals surface area contributed by atoms with Crippen LogP contribution in [0.15, 0.2) is 41.5 Å². The van der Waals surface area contributed by atoms with Crippen LogP contribution in [-0.2, 0) is 17.4 Å². The van der Waals surface area contributed by atoms with Crippen molar-refractivity contribution in [3.63, 3.8) is 0 Å². The number of thiophene rings is 1. The summed E-state index contributed by atoms with van der Waals surface area (Å²) in [4.78, 5) is 12.4. The molecule has 22 heavy (non-hydrogen) atoms. The average molecular weight is 347 g/mol. The number of hydrogen-bond acceptors (Lipinski definition) is 3. The molecular formula is C14H10ClF3N2OS. The fraction of sp³-hybridized carbons (Fsp3) is 0.143. The Morgan fingerprint density at radius 1 is 1.32 bits per heavy atom. The fourth-order valence-electron chi connectivity index (χ4n) is 1.65. The first-order valence-corrected chi connectivity index (χ1v) is 7.27. The Labute approximate surface area is 133 Å². The summed E-state index contributed by atoms with van der Waals surface area (Å²) in [5.41, 5.74) is 1.74. The molecule has 1 N–H and O–H groups in total. The molecular weight excluding hydrogens is 337 g/mol. The van der Waals surface area contributed by atoms with Gasteiger partial charge in [-0.3, -0.25) is 4.79 Å². The molecule has 0 bridgehead atoms. The van der Waals surface area contributed by atoms with Crippen LogP contribution >= 0.6 is 22.9 Å². The van der Waals surface area contributed by atoms with Gasteiger partial charge >= 0.3 is 6.18 Å². The van der Waals surface area contributed by atoms with Crippen molar-refractivity contribution in [2.24, 2.45) is 5.10 Å². The third-order valence-corrected chi connectivity index (χ3v) is 3.76. The van der Waals surface area contributed by atoms with E-state index in [1.165, 1.54) is 29.7 Å². The largest absolute Gasteiger partial charge is 0.416 e. The predicted molar refractivity (Wildman–Crippen MR) is 80.2 cm³/mol. The summed E-state index contributed by atoms with van der Waals surface area (Å²) in [6, 6.07) is 8.05. The first-order valence-electron chi connectivity index (χ1n) is 6.08. The van der Waals surface area contributed by atoms with Crippen molar-refractivity contribution in [1.82, 2.24) is 5.43 Å². The van der Waals surface area contributed by atoms with Crippen molar-refractivity contribution in [3.8, 4) is 0 Å². The quantitative estimate of drug-likeness (QED) is 0.657. The van der Waals surface area contributed by atoms with Crippen molar-refractivity contribution >= 4 is 35.1 Å². The van der Waals surface area contributed by atoms with Gasteiger partial charge in [-0.2, -0.15) is 18.3 Å². The summed E-state index contributed by atoms with van der Waals surface area (Å²) in [6.07, 6.45) is -3.20. The zero-order valence-corrected chi connectivity index (χ0v) is 12.6. The summed E-state index contributed by atoms with van der Waals surface area (Å²) in [5.74, 6) is -0.502. The number of hydrogen-bond donors (Lipinski definition) is 1.